The van der Waals surface area contributed by atoms with Gasteiger partial charge in [-0.05, 0) is 45.2 Å². The van der Waals surface area contributed by atoms with Crippen LogP contribution in [-0.2, 0) is 11.3 Å². The summed E-state index contributed by atoms with van der Waals surface area (Å²) in [5.41, 5.74) is 3.46. The molecule has 1 aromatic carbocycles. The van der Waals surface area contributed by atoms with E-state index in [-0.39, 0.29) is 29.9 Å². The van der Waals surface area contributed by atoms with Crippen molar-refractivity contribution in [3.8, 4) is 22.8 Å². The summed E-state index contributed by atoms with van der Waals surface area (Å²) >= 11 is 0. The summed E-state index contributed by atoms with van der Waals surface area (Å²) in [4.78, 5) is 30.4. The normalized spacial score (nSPS) is 14.5. The molecule has 4 rings (SSSR count). The Kier molecular flexibility index (Phi) is 6.02. The highest BCUT2D eigenvalue weighted by Gasteiger charge is 2.21. The lowest BCUT2D eigenvalue weighted by molar-refractivity contribution is -0.122. The molecule has 2 heterocycles. The molecule has 1 N–H and O–H groups in total. The lowest BCUT2D eigenvalue weighted by Crippen LogP contribution is -2.40. The van der Waals surface area contributed by atoms with Crippen molar-refractivity contribution in [3.05, 3.63) is 57.5 Å². The number of carbonyl (C=O) groups is 1. The zero-order valence-electron chi connectivity index (χ0n) is 18.3. The van der Waals surface area contributed by atoms with Gasteiger partial charge in [0.25, 0.3) is 11.4 Å². The number of hydrogen-bond donors (Lipinski definition) is 1. The van der Waals surface area contributed by atoms with E-state index in [0.29, 0.717) is 11.4 Å². The molecule has 0 atom stereocenters. The lowest BCUT2D eigenvalue weighted by Gasteiger charge is -2.23. The zero-order chi connectivity index (χ0) is 22.0. The van der Waals surface area contributed by atoms with Gasteiger partial charge >= 0.3 is 0 Å². The van der Waals surface area contributed by atoms with Gasteiger partial charge in [-0.1, -0.05) is 54.2 Å². The quantitative estimate of drug-likeness (QED) is 0.675. The summed E-state index contributed by atoms with van der Waals surface area (Å²) in [7, 11) is 0. The van der Waals surface area contributed by atoms with E-state index >= 15 is 0 Å². The van der Waals surface area contributed by atoms with Crippen molar-refractivity contribution >= 4 is 5.91 Å². The van der Waals surface area contributed by atoms with Crippen molar-refractivity contribution in [2.24, 2.45) is 0 Å². The molecule has 1 amide bonds. The highest BCUT2D eigenvalue weighted by molar-refractivity contribution is 5.76. The summed E-state index contributed by atoms with van der Waals surface area (Å²) in [6, 6.07) is 9.86. The SMILES string of the molecule is Cc1ccc(-c2noc(-c3c(C)cc(C)n(CC(=O)NC4CCCCC4)c3=O)n2)cc1. The highest BCUT2D eigenvalue weighted by atomic mass is 16.5. The molecular weight excluding hydrogens is 392 g/mol. The van der Waals surface area contributed by atoms with Crippen LogP contribution in [0.2, 0.25) is 0 Å². The summed E-state index contributed by atoms with van der Waals surface area (Å²) < 4.78 is 6.93. The van der Waals surface area contributed by atoms with Gasteiger partial charge in [0.15, 0.2) is 0 Å². The number of pyridine rings is 1. The van der Waals surface area contributed by atoms with E-state index in [2.05, 4.69) is 15.5 Å². The molecule has 0 bridgehead atoms. The van der Waals surface area contributed by atoms with Gasteiger partial charge in [-0.15, -0.1) is 0 Å². The third-order valence-corrected chi connectivity index (χ3v) is 5.93. The molecule has 7 heteroatoms. The van der Waals surface area contributed by atoms with Gasteiger partial charge in [0.1, 0.15) is 12.1 Å². The molecule has 1 aliphatic rings. The second kappa shape index (κ2) is 8.88. The van der Waals surface area contributed by atoms with E-state index in [1.807, 2.05) is 51.1 Å². The average molecular weight is 421 g/mol. The molecule has 1 aliphatic carbocycles. The molecule has 0 radical (unpaired) electrons. The van der Waals surface area contributed by atoms with Crippen molar-refractivity contribution in [1.82, 2.24) is 20.0 Å². The number of nitrogens with zero attached hydrogens (tertiary/aromatic N) is 3. The number of hydrogen-bond acceptors (Lipinski definition) is 5. The third-order valence-electron chi connectivity index (χ3n) is 5.93. The molecule has 0 spiro atoms. The Balaban J connectivity index is 1.61. The number of aromatic nitrogens is 3. The molecule has 3 aromatic rings. The fraction of sp³-hybridized carbons (Fsp3) is 0.417. The van der Waals surface area contributed by atoms with Gasteiger partial charge < -0.3 is 14.4 Å². The molecule has 0 unspecified atom stereocenters. The van der Waals surface area contributed by atoms with Crippen molar-refractivity contribution in [3.63, 3.8) is 0 Å². The van der Waals surface area contributed by atoms with E-state index in [1.165, 1.54) is 11.0 Å². The fourth-order valence-electron chi connectivity index (χ4n) is 4.19. The molecular formula is C24H28N4O3. The first-order valence-electron chi connectivity index (χ1n) is 10.8. The molecule has 31 heavy (non-hydrogen) atoms. The maximum atomic E-state index is 13.3. The number of amides is 1. The first-order chi connectivity index (χ1) is 14.9. The monoisotopic (exact) mass is 420 g/mol. The zero-order valence-corrected chi connectivity index (χ0v) is 18.3. The maximum Gasteiger partial charge on any atom is 0.264 e. The topological polar surface area (TPSA) is 90.0 Å². The first kappa shape index (κ1) is 21.0. The van der Waals surface area contributed by atoms with E-state index in [9.17, 15) is 9.59 Å². The number of rotatable bonds is 5. The minimum atomic E-state index is -0.296. The Morgan fingerprint density at radius 3 is 2.55 bits per heavy atom. The number of benzene rings is 1. The lowest BCUT2D eigenvalue weighted by atomic mass is 9.95. The van der Waals surface area contributed by atoms with Gasteiger partial charge in [-0.25, -0.2) is 0 Å². The number of aryl methyl sites for hydroxylation is 3. The predicted octanol–water partition coefficient (Wildman–Crippen LogP) is 3.94. The van der Waals surface area contributed by atoms with Crippen molar-refractivity contribution in [2.75, 3.05) is 0 Å². The van der Waals surface area contributed by atoms with Gasteiger partial charge in [-0.2, -0.15) is 4.98 Å². The molecule has 2 aromatic heterocycles. The van der Waals surface area contributed by atoms with Crippen LogP contribution in [0.15, 0.2) is 39.6 Å². The second-order valence-electron chi connectivity index (χ2n) is 8.43. The maximum absolute atomic E-state index is 13.3. The summed E-state index contributed by atoms with van der Waals surface area (Å²) in [6.45, 7) is 5.66. The second-order valence-corrected chi connectivity index (χ2v) is 8.43. The first-order valence-corrected chi connectivity index (χ1v) is 10.8. The Bertz CT molecular complexity index is 1140. The van der Waals surface area contributed by atoms with E-state index < -0.39 is 0 Å². The largest absolute Gasteiger partial charge is 0.352 e. The third kappa shape index (κ3) is 4.60. The van der Waals surface area contributed by atoms with Crippen molar-refractivity contribution in [1.29, 1.82) is 0 Å². The van der Waals surface area contributed by atoms with Gasteiger partial charge in [0, 0.05) is 17.3 Å². The van der Waals surface area contributed by atoms with Crippen LogP contribution in [0.3, 0.4) is 0 Å². The number of nitrogens with one attached hydrogen (secondary N) is 1. The van der Waals surface area contributed by atoms with Gasteiger partial charge in [0.05, 0.1) is 0 Å². The van der Waals surface area contributed by atoms with E-state index in [0.717, 1.165) is 48.1 Å². The molecule has 0 aliphatic heterocycles. The van der Waals surface area contributed by atoms with E-state index in [4.69, 9.17) is 4.52 Å². The molecule has 1 saturated carbocycles. The van der Waals surface area contributed by atoms with Crippen LogP contribution in [0.1, 0.15) is 48.9 Å². The fourth-order valence-corrected chi connectivity index (χ4v) is 4.19. The molecule has 0 saturated heterocycles. The smallest absolute Gasteiger partial charge is 0.264 e. The van der Waals surface area contributed by atoms with Crippen LogP contribution >= 0.6 is 0 Å². The minimum absolute atomic E-state index is 0.0204. The summed E-state index contributed by atoms with van der Waals surface area (Å²) in [5, 5.41) is 7.13. The van der Waals surface area contributed by atoms with Crippen LogP contribution < -0.4 is 10.9 Å². The van der Waals surface area contributed by atoms with Crippen molar-refractivity contribution < 1.29 is 9.32 Å². The standard InChI is InChI=1S/C24H28N4O3/c1-15-9-11-18(12-10-15)22-26-23(31-27-22)21-16(2)13-17(3)28(24(21)30)14-20(29)25-19-7-5-4-6-8-19/h9-13,19H,4-8,14H2,1-3H3,(H,25,29). The molecule has 7 nitrogen and oxygen atoms in total. The van der Waals surface area contributed by atoms with Gasteiger partial charge in [0.2, 0.25) is 11.7 Å². The van der Waals surface area contributed by atoms with Crippen LogP contribution in [0, 0.1) is 20.8 Å². The van der Waals surface area contributed by atoms with Crippen LogP contribution in [0.25, 0.3) is 22.8 Å². The van der Waals surface area contributed by atoms with Gasteiger partial charge in [-0.3, -0.25) is 9.59 Å². The Morgan fingerprint density at radius 1 is 1.13 bits per heavy atom. The predicted molar refractivity (Wildman–Crippen MR) is 119 cm³/mol. The minimum Gasteiger partial charge on any atom is -0.352 e. The molecule has 162 valence electrons. The average Bonchev–Trinajstić information content (AvgIpc) is 3.22. The molecule has 1 fully saturated rings. The van der Waals surface area contributed by atoms with Crippen LogP contribution in [-0.4, -0.2) is 26.7 Å². The number of carbonyl (C=O) groups excluding carboxylic acids is 1. The highest BCUT2D eigenvalue weighted by Crippen LogP contribution is 2.23. The summed E-state index contributed by atoms with van der Waals surface area (Å²) in [5.74, 6) is 0.452. The Labute approximate surface area is 181 Å². The van der Waals surface area contributed by atoms with Crippen LogP contribution in [0.5, 0.6) is 0 Å². The Hall–Kier alpha value is -3.22. The van der Waals surface area contributed by atoms with Crippen LogP contribution in [0.4, 0.5) is 0 Å². The summed E-state index contributed by atoms with van der Waals surface area (Å²) in [6.07, 6.45) is 5.50. The van der Waals surface area contributed by atoms with Crippen molar-refractivity contribution in [2.45, 2.75) is 65.5 Å². The Morgan fingerprint density at radius 2 is 1.84 bits per heavy atom. The van der Waals surface area contributed by atoms with E-state index in [1.54, 1.807) is 0 Å².